The van der Waals surface area contributed by atoms with Gasteiger partial charge in [0.1, 0.15) is 6.17 Å². The first-order valence-electron chi connectivity index (χ1n) is 2.93. The quantitative estimate of drug-likeness (QED) is 0.514. The Balaban J connectivity index is 2.24. The van der Waals surface area contributed by atoms with E-state index in [0.717, 1.165) is 13.0 Å². The van der Waals surface area contributed by atoms with Gasteiger partial charge in [0.05, 0.1) is 6.04 Å². The minimum Gasteiger partial charge on any atom is -0.257 e. The van der Waals surface area contributed by atoms with E-state index in [1.165, 1.54) is 0 Å². The average molecular weight is 118 g/mol. The van der Waals surface area contributed by atoms with Crippen LogP contribution in [0.25, 0.3) is 0 Å². The van der Waals surface area contributed by atoms with Crippen LogP contribution >= 0.6 is 0 Å². The van der Waals surface area contributed by atoms with Crippen molar-refractivity contribution in [1.29, 1.82) is 0 Å². The fourth-order valence-electron chi connectivity index (χ4n) is 0.848. The lowest BCUT2D eigenvalue weighted by Crippen LogP contribution is -2.35. The van der Waals surface area contributed by atoms with Gasteiger partial charge in [0.2, 0.25) is 0 Å². The van der Waals surface area contributed by atoms with Gasteiger partial charge in [0.15, 0.2) is 0 Å². The average Bonchev–Trinajstić information content (AvgIpc) is 2.12. The standard InChI is InChI=1S/C5H11FN2/c1-4(6)5-2-3-7-8-5/h4-5,7-8H,2-3H2,1H3. The Morgan fingerprint density at radius 1 is 1.75 bits per heavy atom. The summed E-state index contributed by atoms with van der Waals surface area (Å²) in [5.74, 6) is 0. The van der Waals surface area contributed by atoms with Gasteiger partial charge >= 0.3 is 0 Å². The molecule has 1 aliphatic heterocycles. The Morgan fingerprint density at radius 3 is 2.75 bits per heavy atom. The molecule has 2 N–H and O–H groups in total. The number of hydrogen-bond donors (Lipinski definition) is 2. The second-order valence-corrected chi connectivity index (χ2v) is 2.14. The molecule has 0 aromatic carbocycles. The highest BCUT2D eigenvalue weighted by atomic mass is 19.1. The SMILES string of the molecule is CC(F)C1CCNN1. The van der Waals surface area contributed by atoms with Crippen LogP contribution in [0, 0.1) is 0 Å². The Morgan fingerprint density at radius 2 is 2.50 bits per heavy atom. The molecule has 1 aliphatic rings. The first-order chi connectivity index (χ1) is 3.80. The molecule has 1 saturated heterocycles. The second-order valence-electron chi connectivity index (χ2n) is 2.14. The van der Waals surface area contributed by atoms with E-state index in [1.54, 1.807) is 6.92 Å². The zero-order valence-electron chi connectivity index (χ0n) is 4.95. The summed E-state index contributed by atoms with van der Waals surface area (Å²) in [4.78, 5) is 0. The van der Waals surface area contributed by atoms with Crippen LogP contribution in [-0.2, 0) is 0 Å². The van der Waals surface area contributed by atoms with Gasteiger partial charge in [-0.1, -0.05) is 0 Å². The van der Waals surface area contributed by atoms with Gasteiger partial charge in [-0.15, -0.1) is 0 Å². The van der Waals surface area contributed by atoms with Crippen molar-refractivity contribution < 1.29 is 4.39 Å². The third kappa shape index (κ3) is 1.17. The number of rotatable bonds is 1. The molecule has 2 unspecified atom stereocenters. The topological polar surface area (TPSA) is 24.1 Å². The number of halogens is 1. The highest BCUT2D eigenvalue weighted by Crippen LogP contribution is 2.04. The molecular weight excluding hydrogens is 107 g/mol. The molecule has 0 aromatic rings. The van der Waals surface area contributed by atoms with E-state index in [0.29, 0.717) is 0 Å². The van der Waals surface area contributed by atoms with Crippen molar-refractivity contribution in [2.24, 2.45) is 0 Å². The van der Waals surface area contributed by atoms with Gasteiger partial charge in [-0.2, -0.15) is 0 Å². The molecule has 2 nitrogen and oxygen atoms in total. The summed E-state index contributed by atoms with van der Waals surface area (Å²) < 4.78 is 12.3. The molecule has 0 bridgehead atoms. The molecular formula is C5H11FN2. The van der Waals surface area contributed by atoms with Crippen LogP contribution in [0.15, 0.2) is 0 Å². The van der Waals surface area contributed by atoms with Crippen LogP contribution in [0.1, 0.15) is 13.3 Å². The fraction of sp³-hybridized carbons (Fsp3) is 1.00. The highest BCUT2D eigenvalue weighted by molar-refractivity contribution is 4.76. The van der Waals surface area contributed by atoms with E-state index in [9.17, 15) is 4.39 Å². The Labute approximate surface area is 48.4 Å². The Bertz CT molecular complexity index is 68.8. The van der Waals surface area contributed by atoms with E-state index in [2.05, 4.69) is 10.9 Å². The maximum atomic E-state index is 12.3. The van der Waals surface area contributed by atoms with Crippen molar-refractivity contribution in [1.82, 2.24) is 10.9 Å². The smallest absolute Gasteiger partial charge is 0.114 e. The lowest BCUT2D eigenvalue weighted by atomic mass is 10.2. The maximum Gasteiger partial charge on any atom is 0.114 e. The van der Waals surface area contributed by atoms with E-state index < -0.39 is 6.17 Å². The van der Waals surface area contributed by atoms with Gasteiger partial charge in [-0.25, -0.2) is 4.39 Å². The fourth-order valence-corrected chi connectivity index (χ4v) is 0.848. The van der Waals surface area contributed by atoms with E-state index in [-0.39, 0.29) is 6.04 Å². The van der Waals surface area contributed by atoms with Gasteiger partial charge in [-0.3, -0.25) is 10.9 Å². The van der Waals surface area contributed by atoms with E-state index in [4.69, 9.17) is 0 Å². The monoisotopic (exact) mass is 118 g/mol. The van der Waals surface area contributed by atoms with E-state index >= 15 is 0 Å². The summed E-state index contributed by atoms with van der Waals surface area (Å²) in [5, 5.41) is 0. The third-order valence-corrected chi connectivity index (χ3v) is 1.42. The lowest BCUT2D eigenvalue weighted by Gasteiger charge is -2.08. The largest absolute Gasteiger partial charge is 0.257 e. The zero-order valence-corrected chi connectivity index (χ0v) is 4.95. The van der Waals surface area contributed by atoms with Crippen molar-refractivity contribution in [2.75, 3.05) is 6.54 Å². The van der Waals surface area contributed by atoms with Gasteiger partial charge in [-0.05, 0) is 13.3 Å². The van der Waals surface area contributed by atoms with Crippen molar-refractivity contribution in [3.63, 3.8) is 0 Å². The summed E-state index contributed by atoms with van der Waals surface area (Å²) in [5.41, 5.74) is 5.69. The number of nitrogens with one attached hydrogen (secondary N) is 2. The zero-order chi connectivity index (χ0) is 5.98. The Hall–Kier alpha value is -0.150. The van der Waals surface area contributed by atoms with Gasteiger partial charge in [0.25, 0.3) is 0 Å². The lowest BCUT2D eigenvalue weighted by molar-refractivity contribution is 0.282. The molecule has 1 rings (SSSR count). The molecule has 48 valence electrons. The first kappa shape index (κ1) is 5.98. The molecule has 0 aliphatic carbocycles. The van der Waals surface area contributed by atoms with Gasteiger partial charge < -0.3 is 0 Å². The predicted molar refractivity (Wildman–Crippen MR) is 30.1 cm³/mol. The summed E-state index contributed by atoms with van der Waals surface area (Å²) in [6.45, 7) is 2.46. The Kier molecular flexibility index (Phi) is 1.81. The summed E-state index contributed by atoms with van der Waals surface area (Å²) in [7, 11) is 0. The number of alkyl halides is 1. The summed E-state index contributed by atoms with van der Waals surface area (Å²) in [6, 6.07) is 0.0370. The molecule has 1 fully saturated rings. The number of hydrazine groups is 1. The van der Waals surface area contributed by atoms with Crippen LogP contribution < -0.4 is 10.9 Å². The third-order valence-electron chi connectivity index (χ3n) is 1.42. The van der Waals surface area contributed by atoms with Crippen LogP contribution in [0.5, 0.6) is 0 Å². The first-order valence-corrected chi connectivity index (χ1v) is 2.93. The maximum absolute atomic E-state index is 12.3. The van der Waals surface area contributed by atoms with Crippen LogP contribution in [0.2, 0.25) is 0 Å². The molecule has 1 heterocycles. The van der Waals surface area contributed by atoms with Crippen LogP contribution in [0.4, 0.5) is 4.39 Å². The van der Waals surface area contributed by atoms with Crippen molar-refractivity contribution >= 4 is 0 Å². The minimum atomic E-state index is -0.731. The van der Waals surface area contributed by atoms with Crippen LogP contribution in [-0.4, -0.2) is 18.8 Å². The molecule has 0 radical (unpaired) electrons. The van der Waals surface area contributed by atoms with Crippen LogP contribution in [0.3, 0.4) is 0 Å². The molecule has 0 aromatic heterocycles. The second kappa shape index (κ2) is 2.42. The molecule has 3 heteroatoms. The molecule has 0 spiro atoms. The molecule has 0 amide bonds. The van der Waals surface area contributed by atoms with E-state index in [1.807, 2.05) is 0 Å². The van der Waals surface area contributed by atoms with Gasteiger partial charge in [0, 0.05) is 6.54 Å². The molecule has 8 heavy (non-hydrogen) atoms. The minimum absolute atomic E-state index is 0.0370. The molecule has 2 atom stereocenters. The highest BCUT2D eigenvalue weighted by Gasteiger charge is 2.19. The van der Waals surface area contributed by atoms with Crippen molar-refractivity contribution in [3.8, 4) is 0 Å². The number of hydrogen-bond acceptors (Lipinski definition) is 2. The summed E-state index contributed by atoms with van der Waals surface area (Å²) in [6.07, 6.45) is 0.169. The van der Waals surface area contributed by atoms with Crippen molar-refractivity contribution in [3.05, 3.63) is 0 Å². The molecule has 0 saturated carbocycles. The predicted octanol–water partition coefficient (Wildman–Crippen LogP) is 0.211. The van der Waals surface area contributed by atoms with Crippen molar-refractivity contribution in [2.45, 2.75) is 25.6 Å². The summed E-state index contributed by atoms with van der Waals surface area (Å²) >= 11 is 0. The normalized spacial score (nSPS) is 33.0.